The lowest BCUT2D eigenvalue weighted by atomic mass is 10.2. The van der Waals surface area contributed by atoms with Gasteiger partial charge in [0.15, 0.2) is 0 Å². The Morgan fingerprint density at radius 3 is 3.00 bits per heavy atom. The van der Waals surface area contributed by atoms with Crippen molar-refractivity contribution in [2.24, 2.45) is 0 Å². The summed E-state index contributed by atoms with van der Waals surface area (Å²) in [5.41, 5.74) is 2.22. The second-order valence-electron chi connectivity index (χ2n) is 3.87. The third-order valence-corrected chi connectivity index (χ3v) is 3.16. The molecule has 3 nitrogen and oxygen atoms in total. The number of nitrogens with zero attached hydrogens (tertiary/aromatic N) is 2. The summed E-state index contributed by atoms with van der Waals surface area (Å²) in [6.45, 7) is 5.59. The largest absolute Gasteiger partial charge is 0.487 e. The van der Waals surface area contributed by atoms with Gasteiger partial charge in [-0.3, -0.25) is 0 Å². The maximum absolute atomic E-state index is 5.81. The summed E-state index contributed by atoms with van der Waals surface area (Å²) in [4.78, 5) is 4.12. The molecule has 0 unspecified atom stereocenters. The average molecular weight is 295 g/mol. The number of halogens is 1. The van der Waals surface area contributed by atoms with Crippen molar-refractivity contribution in [2.45, 2.75) is 27.0 Å². The van der Waals surface area contributed by atoms with Gasteiger partial charge in [-0.2, -0.15) is 0 Å². The predicted molar refractivity (Wildman–Crippen MR) is 71.1 cm³/mol. The monoisotopic (exact) mass is 294 g/mol. The van der Waals surface area contributed by atoms with Gasteiger partial charge in [0.05, 0.1) is 18.2 Å². The molecule has 0 atom stereocenters. The van der Waals surface area contributed by atoms with Crippen LogP contribution < -0.4 is 4.74 Å². The minimum absolute atomic E-state index is 0.547. The fourth-order valence-corrected chi connectivity index (χ4v) is 1.97. The molecule has 0 N–H and O–H groups in total. The molecule has 4 heteroatoms. The van der Waals surface area contributed by atoms with Crippen molar-refractivity contribution in [1.29, 1.82) is 0 Å². The lowest BCUT2D eigenvalue weighted by Gasteiger charge is -2.10. The third-order valence-electron chi connectivity index (χ3n) is 2.66. The molecule has 0 aliphatic carbocycles. The normalized spacial score (nSPS) is 10.5. The van der Waals surface area contributed by atoms with Crippen LogP contribution in [0.5, 0.6) is 5.75 Å². The van der Waals surface area contributed by atoms with E-state index in [1.165, 1.54) is 0 Å². The smallest absolute Gasteiger partial charge is 0.130 e. The van der Waals surface area contributed by atoms with E-state index in [1.807, 2.05) is 37.6 Å². The van der Waals surface area contributed by atoms with Crippen LogP contribution in [0.2, 0.25) is 0 Å². The van der Waals surface area contributed by atoms with Gasteiger partial charge < -0.3 is 9.30 Å². The van der Waals surface area contributed by atoms with Crippen molar-refractivity contribution in [1.82, 2.24) is 9.55 Å². The zero-order valence-electron chi connectivity index (χ0n) is 9.98. The molecule has 0 radical (unpaired) electrons. The SMILES string of the molecule is CCn1cncc1COc1cc(Br)ccc1C. The highest BCUT2D eigenvalue weighted by atomic mass is 79.9. The molecule has 17 heavy (non-hydrogen) atoms. The predicted octanol–water partition coefficient (Wildman–Crippen LogP) is 3.55. The summed E-state index contributed by atoms with van der Waals surface area (Å²) in [5, 5.41) is 0. The van der Waals surface area contributed by atoms with Crippen molar-refractivity contribution < 1.29 is 4.74 Å². The van der Waals surface area contributed by atoms with E-state index in [0.29, 0.717) is 6.61 Å². The summed E-state index contributed by atoms with van der Waals surface area (Å²) < 4.78 is 8.92. The van der Waals surface area contributed by atoms with E-state index in [2.05, 4.69) is 32.4 Å². The van der Waals surface area contributed by atoms with Crippen LogP contribution in [0.15, 0.2) is 35.2 Å². The summed E-state index contributed by atoms with van der Waals surface area (Å²) in [6.07, 6.45) is 3.67. The lowest BCUT2D eigenvalue weighted by Crippen LogP contribution is -2.04. The number of hydrogen-bond donors (Lipinski definition) is 0. The minimum atomic E-state index is 0.547. The molecule has 2 rings (SSSR count). The molecule has 0 amide bonds. The van der Waals surface area contributed by atoms with Crippen LogP contribution in [0, 0.1) is 6.92 Å². The van der Waals surface area contributed by atoms with Gasteiger partial charge >= 0.3 is 0 Å². The maximum atomic E-state index is 5.81. The first kappa shape index (κ1) is 12.2. The second-order valence-corrected chi connectivity index (χ2v) is 4.79. The van der Waals surface area contributed by atoms with Crippen molar-refractivity contribution >= 4 is 15.9 Å². The highest BCUT2D eigenvalue weighted by Crippen LogP contribution is 2.23. The summed E-state index contributed by atoms with van der Waals surface area (Å²) in [6, 6.07) is 6.04. The topological polar surface area (TPSA) is 27.1 Å². The summed E-state index contributed by atoms with van der Waals surface area (Å²) in [5.74, 6) is 0.906. The Balaban J connectivity index is 2.09. The Hall–Kier alpha value is -1.29. The van der Waals surface area contributed by atoms with Crippen LogP contribution in [0.3, 0.4) is 0 Å². The van der Waals surface area contributed by atoms with Crippen LogP contribution >= 0.6 is 15.9 Å². The van der Waals surface area contributed by atoms with Crippen LogP contribution in [-0.4, -0.2) is 9.55 Å². The highest BCUT2D eigenvalue weighted by Gasteiger charge is 2.04. The molecule has 1 aromatic heterocycles. The molecular formula is C13H15BrN2O. The summed E-state index contributed by atoms with van der Waals surface area (Å²) in [7, 11) is 0. The molecule has 0 saturated carbocycles. The van der Waals surface area contributed by atoms with Crippen LogP contribution in [0.1, 0.15) is 18.2 Å². The molecule has 2 aromatic rings. The molecule has 0 saturated heterocycles. The van der Waals surface area contributed by atoms with Gasteiger partial charge in [0.25, 0.3) is 0 Å². The van der Waals surface area contributed by atoms with E-state index in [-0.39, 0.29) is 0 Å². The van der Waals surface area contributed by atoms with Crippen molar-refractivity contribution in [3.63, 3.8) is 0 Å². The fourth-order valence-electron chi connectivity index (χ4n) is 1.63. The molecule has 1 aromatic carbocycles. The highest BCUT2D eigenvalue weighted by molar-refractivity contribution is 9.10. The van der Waals surface area contributed by atoms with Crippen LogP contribution in [0.4, 0.5) is 0 Å². The van der Waals surface area contributed by atoms with E-state index in [0.717, 1.165) is 28.0 Å². The van der Waals surface area contributed by atoms with E-state index >= 15 is 0 Å². The first-order valence-corrected chi connectivity index (χ1v) is 6.38. The molecular weight excluding hydrogens is 280 g/mol. The zero-order chi connectivity index (χ0) is 12.3. The first-order valence-electron chi connectivity index (χ1n) is 5.58. The number of aromatic nitrogens is 2. The quantitative estimate of drug-likeness (QED) is 0.862. The van der Waals surface area contributed by atoms with Gasteiger partial charge in [-0.15, -0.1) is 0 Å². The fraction of sp³-hybridized carbons (Fsp3) is 0.308. The molecule has 0 aliphatic heterocycles. The van der Waals surface area contributed by atoms with E-state index in [1.54, 1.807) is 0 Å². The molecule has 0 fully saturated rings. The van der Waals surface area contributed by atoms with Gasteiger partial charge in [0.1, 0.15) is 12.4 Å². The van der Waals surface area contributed by atoms with Crippen molar-refractivity contribution in [2.75, 3.05) is 0 Å². The number of ether oxygens (including phenoxy) is 1. The van der Waals surface area contributed by atoms with E-state index in [4.69, 9.17) is 4.74 Å². The van der Waals surface area contributed by atoms with Gasteiger partial charge in [0.2, 0.25) is 0 Å². The lowest BCUT2D eigenvalue weighted by molar-refractivity contribution is 0.293. The van der Waals surface area contributed by atoms with E-state index < -0.39 is 0 Å². The maximum Gasteiger partial charge on any atom is 0.130 e. The standard InChI is InChI=1S/C13H15BrN2O/c1-3-16-9-15-7-12(16)8-17-13-6-11(14)5-4-10(13)2/h4-7,9H,3,8H2,1-2H3. The number of rotatable bonds is 4. The van der Waals surface area contributed by atoms with Crippen LogP contribution in [-0.2, 0) is 13.2 Å². The third kappa shape index (κ3) is 2.88. The van der Waals surface area contributed by atoms with Gasteiger partial charge in [-0.25, -0.2) is 4.98 Å². The van der Waals surface area contributed by atoms with Crippen molar-refractivity contribution in [3.05, 3.63) is 46.5 Å². The Morgan fingerprint density at radius 1 is 1.41 bits per heavy atom. The summed E-state index contributed by atoms with van der Waals surface area (Å²) >= 11 is 3.45. The van der Waals surface area contributed by atoms with Gasteiger partial charge in [-0.1, -0.05) is 22.0 Å². The average Bonchev–Trinajstić information content (AvgIpc) is 2.77. The molecule has 1 heterocycles. The Bertz CT molecular complexity index is 508. The number of imidazole rings is 1. The molecule has 0 aliphatic rings. The molecule has 0 bridgehead atoms. The number of aryl methyl sites for hydroxylation is 2. The molecule has 0 spiro atoms. The second kappa shape index (κ2) is 5.36. The first-order chi connectivity index (χ1) is 8.20. The van der Waals surface area contributed by atoms with E-state index in [9.17, 15) is 0 Å². The zero-order valence-corrected chi connectivity index (χ0v) is 11.6. The Kier molecular flexibility index (Phi) is 3.84. The van der Waals surface area contributed by atoms with Crippen molar-refractivity contribution in [3.8, 4) is 5.75 Å². The Morgan fingerprint density at radius 2 is 2.24 bits per heavy atom. The van der Waals surface area contributed by atoms with Gasteiger partial charge in [-0.05, 0) is 31.5 Å². The van der Waals surface area contributed by atoms with Gasteiger partial charge in [0, 0.05) is 11.0 Å². The van der Waals surface area contributed by atoms with Crippen LogP contribution in [0.25, 0.3) is 0 Å². The number of benzene rings is 1. The number of hydrogen-bond acceptors (Lipinski definition) is 2. The Labute approximate surface area is 110 Å². The minimum Gasteiger partial charge on any atom is -0.487 e. The molecule has 90 valence electrons.